The highest BCUT2D eigenvalue weighted by Crippen LogP contribution is 2.46. The Labute approximate surface area is 122 Å². The highest BCUT2D eigenvalue weighted by atomic mass is 32.1. The molecule has 2 aliphatic rings. The number of fused-ring (bicyclic) bond motifs is 2. The smallest absolute Gasteiger partial charge is 0.0993 e. The zero-order valence-electron chi connectivity index (χ0n) is 11.3. The Morgan fingerprint density at radius 1 is 1.25 bits per heavy atom. The number of ether oxygens (including phenoxy) is 1. The molecule has 2 N–H and O–H groups in total. The van der Waals surface area contributed by atoms with Gasteiger partial charge >= 0.3 is 0 Å². The molecule has 3 nitrogen and oxygen atoms in total. The summed E-state index contributed by atoms with van der Waals surface area (Å²) in [6, 6.07) is 10.3. The molecule has 1 aromatic carbocycles. The second-order valence-corrected chi connectivity index (χ2v) is 6.73. The summed E-state index contributed by atoms with van der Waals surface area (Å²) in [5, 5.41) is 1.22. The fourth-order valence-electron chi connectivity index (χ4n) is 3.39. The maximum atomic E-state index is 5.96. The fourth-order valence-corrected chi connectivity index (χ4v) is 4.52. The molecular weight excluding hydrogens is 268 g/mol. The van der Waals surface area contributed by atoms with E-state index in [1.54, 1.807) is 11.3 Å². The van der Waals surface area contributed by atoms with Crippen molar-refractivity contribution in [3.05, 3.63) is 40.2 Å². The minimum atomic E-state index is 0.389. The molecule has 0 saturated carbocycles. The SMILES string of the molecule is NCc1sc(C2CC3CCC2O3)nc1-c1ccccc1. The molecule has 4 rings (SSSR count). The van der Waals surface area contributed by atoms with Crippen molar-refractivity contribution < 1.29 is 4.74 Å². The topological polar surface area (TPSA) is 48.1 Å². The standard InChI is InChI=1S/C16H18N2OS/c17-9-14-15(10-4-2-1-3-5-10)18-16(20-14)12-8-11-6-7-13(12)19-11/h1-5,11-13H,6-9,17H2. The Morgan fingerprint density at radius 2 is 2.10 bits per heavy atom. The fraction of sp³-hybridized carbons (Fsp3) is 0.438. The molecule has 2 aliphatic heterocycles. The zero-order chi connectivity index (χ0) is 13.5. The van der Waals surface area contributed by atoms with Crippen molar-refractivity contribution in [1.29, 1.82) is 0 Å². The molecule has 3 heterocycles. The quantitative estimate of drug-likeness (QED) is 0.941. The van der Waals surface area contributed by atoms with Gasteiger partial charge < -0.3 is 10.5 Å². The average molecular weight is 286 g/mol. The highest BCUT2D eigenvalue weighted by Gasteiger charge is 2.43. The average Bonchev–Trinajstić information content (AvgIpc) is 3.22. The van der Waals surface area contributed by atoms with Gasteiger partial charge in [0.05, 0.1) is 22.9 Å². The summed E-state index contributed by atoms with van der Waals surface area (Å²) in [6.45, 7) is 0.559. The number of benzene rings is 1. The number of aromatic nitrogens is 1. The van der Waals surface area contributed by atoms with Gasteiger partial charge in [0, 0.05) is 22.9 Å². The van der Waals surface area contributed by atoms with Crippen LogP contribution in [0.3, 0.4) is 0 Å². The molecule has 20 heavy (non-hydrogen) atoms. The minimum absolute atomic E-state index is 0.389. The molecule has 2 aromatic rings. The molecule has 2 bridgehead atoms. The van der Waals surface area contributed by atoms with Crippen LogP contribution < -0.4 is 5.73 Å². The van der Waals surface area contributed by atoms with Crippen LogP contribution in [0.25, 0.3) is 11.3 Å². The van der Waals surface area contributed by atoms with Crippen LogP contribution in [0.4, 0.5) is 0 Å². The molecule has 2 fully saturated rings. The first-order valence-electron chi connectivity index (χ1n) is 7.25. The van der Waals surface area contributed by atoms with Crippen LogP contribution in [0.5, 0.6) is 0 Å². The second-order valence-electron chi connectivity index (χ2n) is 5.61. The first-order chi connectivity index (χ1) is 9.85. The van der Waals surface area contributed by atoms with E-state index in [1.807, 2.05) is 6.07 Å². The highest BCUT2D eigenvalue weighted by molar-refractivity contribution is 7.12. The predicted octanol–water partition coefficient (Wildman–Crippen LogP) is 3.30. The molecule has 0 radical (unpaired) electrons. The summed E-state index contributed by atoms with van der Waals surface area (Å²) in [6.07, 6.45) is 4.40. The summed E-state index contributed by atoms with van der Waals surface area (Å²) >= 11 is 1.78. The van der Waals surface area contributed by atoms with E-state index in [4.69, 9.17) is 15.5 Å². The number of thiazole rings is 1. The summed E-state index contributed by atoms with van der Waals surface area (Å²) in [7, 11) is 0. The van der Waals surface area contributed by atoms with Gasteiger partial charge in [-0.05, 0) is 19.3 Å². The van der Waals surface area contributed by atoms with E-state index in [-0.39, 0.29) is 0 Å². The first kappa shape index (κ1) is 12.5. The number of hydrogen-bond acceptors (Lipinski definition) is 4. The van der Waals surface area contributed by atoms with E-state index in [0.29, 0.717) is 24.7 Å². The molecule has 0 spiro atoms. The van der Waals surface area contributed by atoms with Gasteiger partial charge in [0.25, 0.3) is 0 Å². The minimum Gasteiger partial charge on any atom is -0.374 e. The van der Waals surface area contributed by atoms with Gasteiger partial charge in [0.2, 0.25) is 0 Å². The maximum absolute atomic E-state index is 5.96. The van der Waals surface area contributed by atoms with Crippen molar-refractivity contribution in [2.24, 2.45) is 5.73 Å². The number of nitrogens with zero attached hydrogens (tertiary/aromatic N) is 1. The third kappa shape index (κ3) is 1.99. The largest absolute Gasteiger partial charge is 0.374 e. The molecule has 0 amide bonds. The lowest BCUT2D eigenvalue weighted by Crippen LogP contribution is -2.13. The zero-order valence-corrected chi connectivity index (χ0v) is 12.1. The van der Waals surface area contributed by atoms with Crippen LogP contribution >= 0.6 is 11.3 Å². The monoisotopic (exact) mass is 286 g/mol. The Morgan fingerprint density at radius 3 is 2.75 bits per heavy atom. The van der Waals surface area contributed by atoms with Crippen molar-refractivity contribution in [3.8, 4) is 11.3 Å². The number of hydrogen-bond donors (Lipinski definition) is 1. The van der Waals surface area contributed by atoms with E-state index in [2.05, 4.69) is 24.3 Å². The van der Waals surface area contributed by atoms with E-state index in [1.165, 1.54) is 28.3 Å². The van der Waals surface area contributed by atoms with Crippen molar-refractivity contribution in [2.75, 3.05) is 0 Å². The van der Waals surface area contributed by atoms with Crippen LogP contribution in [0.15, 0.2) is 30.3 Å². The van der Waals surface area contributed by atoms with E-state index in [9.17, 15) is 0 Å². The van der Waals surface area contributed by atoms with Gasteiger partial charge in [-0.1, -0.05) is 30.3 Å². The molecule has 4 heteroatoms. The van der Waals surface area contributed by atoms with Crippen molar-refractivity contribution in [2.45, 2.75) is 43.9 Å². The van der Waals surface area contributed by atoms with Crippen molar-refractivity contribution in [3.63, 3.8) is 0 Å². The summed E-state index contributed by atoms with van der Waals surface area (Å²) in [5.41, 5.74) is 8.15. The molecule has 104 valence electrons. The van der Waals surface area contributed by atoms with Gasteiger partial charge in [0.1, 0.15) is 0 Å². The van der Waals surface area contributed by atoms with E-state index >= 15 is 0 Å². The lowest BCUT2D eigenvalue weighted by molar-refractivity contribution is 0.101. The third-order valence-corrected chi connectivity index (χ3v) is 5.58. The number of nitrogens with two attached hydrogens (primary N) is 1. The molecule has 3 unspecified atom stereocenters. The second kappa shape index (κ2) is 4.95. The van der Waals surface area contributed by atoms with Gasteiger partial charge in [-0.2, -0.15) is 0 Å². The molecule has 0 aliphatic carbocycles. The van der Waals surface area contributed by atoms with Crippen LogP contribution in [0.1, 0.15) is 35.1 Å². The Balaban J connectivity index is 1.71. The van der Waals surface area contributed by atoms with Gasteiger partial charge in [-0.25, -0.2) is 4.98 Å². The maximum Gasteiger partial charge on any atom is 0.0993 e. The summed E-state index contributed by atoms with van der Waals surface area (Å²) in [5.74, 6) is 0.488. The first-order valence-corrected chi connectivity index (χ1v) is 8.07. The lowest BCUT2D eigenvalue weighted by atomic mass is 9.90. The van der Waals surface area contributed by atoms with Crippen LogP contribution in [-0.4, -0.2) is 17.2 Å². The van der Waals surface area contributed by atoms with Gasteiger partial charge in [-0.15, -0.1) is 11.3 Å². The Hall–Kier alpha value is -1.23. The van der Waals surface area contributed by atoms with Crippen molar-refractivity contribution in [1.82, 2.24) is 4.98 Å². The van der Waals surface area contributed by atoms with Crippen LogP contribution in [-0.2, 0) is 11.3 Å². The number of rotatable bonds is 3. The van der Waals surface area contributed by atoms with Gasteiger partial charge in [-0.3, -0.25) is 0 Å². The van der Waals surface area contributed by atoms with Crippen LogP contribution in [0.2, 0.25) is 0 Å². The Bertz CT molecular complexity index is 610. The normalized spacial score (nSPS) is 28.1. The molecule has 3 atom stereocenters. The van der Waals surface area contributed by atoms with Gasteiger partial charge in [0.15, 0.2) is 0 Å². The third-order valence-electron chi connectivity index (χ3n) is 4.37. The van der Waals surface area contributed by atoms with Crippen molar-refractivity contribution >= 4 is 11.3 Å². The predicted molar refractivity (Wildman–Crippen MR) is 80.7 cm³/mol. The lowest BCUT2D eigenvalue weighted by Gasteiger charge is -2.15. The van der Waals surface area contributed by atoms with Crippen LogP contribution in [0, 0.1) is 0 Å². The summed E-state index contributed by atoms with van der Waals surface area (Å²) in [4.78, 5) is 6.10. The molecule has 1 aromatic heterocycles. The molecular formula is C16H18N2OS. The Kier molecular flexibility index (Phi) is 3.10. The molecule has 2 saturated heterocycles. The summed E-state index contributed by atoms with van der Waals surface area (Å²) < 4.78 is 5.96. The van der Waals surface area contributed by atoms with E-state index in [0.717, 1.165) is 12.1 Å². The van der Waals surface area contributed by atoms with E-state index < -0.39 is 0 Å².